The molecule has 150 valence electrons. The normalized spacial score (nSPS) is 15.8. The molecule has 2 amide bonds. The number of ether oxygens (including phenoxy) is 2. The Bertz CT molecular complexity index is 1090. The first-order valence-electron chi connectivity index (χ1n) is 9.65. The van der Waals surface area contributed by atoms with Gasteiger partial charge in [0, 0.05) is 37.9 Å². The van der Waals surface area contributed by atoms with E-state index in [1.54, 1.807) is 17.4 Å². The highest BCUT2D eigenvalue weighted by atomic mass is 32.1. The minimum Gasteiger partial charge on any atom is -0.454 e. The topological polar surface area (TPSA) is 66.9 Å². The van der Waals surface area contributed by atoms with Crippen LogP contribution in [-0.2, 0) is 0 Å². The smallest absolute Gasteiger partial charge is 0.321 e. The molecule has 0 spiro atoms. The number of aryl methyl sites for hydroxylation is 2. The molecular weight excluding hydrogens is 388 g/mol. The van der Waals surface area contributed by atoms with Gasteiger partial charge < -0.3 is 24.6 Å². The Balaban J connectivity index is 1.23. The van der Waals surface area contributed by atoms with Crippen molar-refractivity contribution in [2.24, 2.45) is 0 Å². The molecule has 3 heterocycles. The van der Waals surface area contributed by atoms with Gasteiger partial charge in [-0.1, -0.05) is 17.4 Å². The summed E-state index contributed by atoms with van der Waals surface area (Å²) in [5, 5.41) is 3.98. The van der Waals surface area contributed by atoms with E-state index in [2.05, 4.69) is 36.2 Å². The lowest BCUT2D eigenvalue weighted by molar-refractivity contribution is 0.174. The quantitative estimate of drug-likeness (QED) is 0.692. The molecule has 2 aliphatic heterocycles. The molecule has 1 fully saturated rings. The molecule has 0 aliphatic carbocycles. The predicted molar refractivity (Wildman–Crippen MR) is 114 cm³/mol. The van der Waals surface area contributed by atoms with Crippen LogP contribution in [-0.4, -0.2) is 48.9 Å². The summed E-state index contributed by atoms with van der Waals surface area (Å²) < 4.78 is 11.9. The number of rotatable bonds is 2. The van der Waals surface area contributed by atoms with Crippen molar-refractivity contribution in [2.75, 3.05) is 43.2 Å². The zero-order valence-corrected chi connectivity index (χ0v) is 17.2. The second kappa shape index (κ2) is 7.11. The molecule has 1 N–H and O–H groups in total. The highest BCUT2D eigenvalue weighted by Crippen LogP contribution is 2.34. The van der Waals surface area contributed by atoms with Gasteiger partial charge in [-0.3, -0.25) is 0 Å². The Labute approximate surface area is 172 Å². The van der Waals surface area contributed by atoms with Gasteiger partial charge in [0.15, 0.2) is 16.6 Å². The first-order valence-corrected chi connectivity index (χ1v) is 10.5. The summed E-state index contributed by atoms with van der Waals surface area (Å²) in [6.07, 6.45) is 0. The van der Waals surface area contributed by atoms with Crippen molar-refractivity contribution in [1.82, 2.24) is 9.88 Å². The molecule has 5 rings (SSSR count). The van der Waals surface area contributed by atoms with Crippen LogP contribution in [0.15, 0.2) is 30.3 Å². The Kier molecular flexibility index (Phi) is 4.43. The molecule has 2 aromatic carbocycles. The first-order chi connectivity index (χ1) is 14.1. The van der Waals surface area contributed by atoms with Gasteiger partial charge in [-0.25, -0.2) is 9.78 Å². The minimum atomic E-state index is -0.0979. The molecule has 0 saturated carbocycles. The summed E-state index contributed by atoms with van der Waals surface area (Å²) >= 11 is 1.73. The lowest BCUT2D eigenvalue weighted by Crippen LogP contribution is -2.50. The van der Waals surface area contributed by atoms with Crippen molar-refractivity contribution < 1.29 is 14.3 Å². The number of benzene rings is 2. The maximum absolute atomic E-state index is 12.6. The Morgan fingerprint density at radius 1 is 1.07 bits per heavy atom. The van der Waals surface area contributed by atoms with Crippen molar-refractivity contribution in [2.45, 2.75) is 13.8 Å². The lowest BCUT2D eigenvalue weighted by atomic mass is 10.1. The Hall–Kier alpha value is -3.00. The van der Waals surface area contributed by atoms with E-state index in [4.69, 9.17) is 14.5 Å². The Morgan fingerprint density at radius 3 is 2.69 bits per heavy atom. The van der Waals surface area contributed by atoms with Gasteiger partial charge in [0.1, 0.15) is 0 Å². The number of carbonyl (C=O) groups excluding carboxylic acids is 1. The Morgan fingerprint density at radius 2 is 1.86 bits per heavy atom. The molecule has 0 bridgehead atoms. The first kappa shape index (κ1) is 18.1. The van der Waals surface area contributed by atoms with E-state index in [1.807, 2.05) is 17.0 Å². The summed E-state index contributed by atoms with van der Waals surface area (Å²) in [6, 6.07) is 9.70. The van der Waals surface area contributed by atoms with Gasteiger partial charge in [-0.15, -0.1) is 0 Å². The van der Waals surface area contributed by atoms with Crippen LogP contribution in [0.2, 0.25) is 0 Å². The summed E-state index contributed by atoms with van der Waals surface area (Å²) in [5.74, 6) is 1.37. The van der Waals surface area contributed by atoms with E-state index in [0.717, 1.165) is 23.7 Å². The molecule has 2 aliphatic rings. The maximum atomic E-state index is 12.6. The number of thiazole rings is 1. The molecule has 8 heteroatoms. The van der Waals surface area contributed by atoms with Gasteiger partial charge in [0.25, 0.3) is 0 Å². The van der Waals surface area contributed by atoms with E-state index in [1.165, 1.54) is 15.8 Å². The van der Waals surface area contributed by atoms with Crippen LogP contribution in [0.4, 0.5) is 15.6 Å². The summed E-state index contributed by atoms with van der Waals surface area (Å²) in [4.78, 5) is 21.6. The summed E-state index contributed by atoms with van der Waals surface area (Å²) in [7, 11) is 0. The number of aromatic nitrogens is 1. The number of carbonyl (C=O) groups is 1. The largest absolute Gasteiger partial charge is 0.454 e. The van der Waals surface area contributed by atoms with Crippen molar-refractivity contribution in [3.05, 3.63) is 41.5 Å². The molecule has 29 heavy (non-hydrogen) atoms. The van der Waals surface area contributed by atoms with Gasteiger partial charge in [-0.05, 0) is 43.2 Å². The van der Waals surface area contributed by atoms with Gasteiger partial charge in [0.05, 0.1) is 10.2 Å². The summed E-state index contributed by atoms with van der Waals surface area (Å²) in [6.45, 7) is 7.30. The number of fused-ring (bicyclic) bond motifs is 2. The van der Waals surface area contributed by atoms with Crippen LogP contribution in [0.1, 0.15) is 11.1 Å². The molecule has 0 atom stereocenters. The number of nitrogens with one attached hydrogen (secondary N) is 1. The molecule has 1 aromatic heterocycles. The number of nitrogens with zero attached hydrogens (tertiary/aromatic N) is 3. The number of hydrogen-bond acceptors (Lipinski definition) is 6. The maximum Gasteiger partial charge on any atom is 0.321 e. The molecule has 3 aromatic rings. The van der Waals surface area contributed by atoms with Crippen LogP contribution in [0.25, 0.3) is 10.2 Å². The van der Waals surface area contributed by atoms with E-state index in [0.29, 0.717) is 30.3 Å². The van der Waals surface area contributed by atoms with Crippen LogP contribution in [0, 0.1) is 13.8 Å². The predicted octanol–water partition coefficient (Wildman–Crippen LogP) is 4.00. The number of hydrogen-bond donors (Lipinski definition) is 1. The van der Waals surface area contributed by atoms with E-state index in [-0.39, 0.29) is 12.8 Å². The van der Waals surface area contributed by atoms with Crippen molar-refractivity contribution >= 4 is 38.4 Å². The fourth-order valence-electron chi connectivity index (χ4n) is 3.77. The van der Waals surface area contributed by atoms with E-state index in [9.17, 15) is 4.79 Å². The number of urea groups is 1. The molecule has 1 saturated heterocycles. The molecule has 0 unspecified atom stereocenters. The van der Waals surface area contributed by atoms with Crippen molar-refractivity contribution in [1.29, 1.82) is 0 Å². The third-order valence-electron chi connectivity index (χ3n) is 5.28. The fourth-order valence-corrected chi connectivity index (χ4v) is 4.97. The SMILES string of the molecule is Cc1cc(C)c2nc(N3CCN(C(=O)Nc4ccc5c(c4)OCO5)CC3)sc2c1. The van der Waals surface area contributed by atoms with Crippen LogP contribution < -0.4 is 19.7 Å². The fraction of sp³-hybridized carbons (Fsp3) is 0.333. The van der Waals surface area contributed by atoms with Gasteiger partial charge >= 0.3 is 6.03 Å². The van der Waals surface area contributed by atoms with Crippen LogP contribution in [0.3, 0.4) is 0 Å². The van der Waals surface area contributed by atoms with Crippen LogP contribution >= 0.6 is 11.3 Å². The van der Waals surface area contributed by atoms with Crippen molar-refractivity contribution in [3.63, 3.8) is 0 Å². The number of amides is 2. The molecular formula is C21H22N4O3S. The van der Waals surface area contributed by atoms with Crippen LogP contribution in [0.5, 0.6) is 11.5 Å². The number of anilines is 2. The third kappa shape index (κ3) is 3.44. The second-order valence-corrected chi connectivity index (χ2v) is 8.41. The van der Waals surface area contributed by atoms with Gasteiger partial charge in [0.2, 0.25) is 6.79 Å². The summed E-state index contributed by atoms with van der Waals surface area (Å²) in [5.41, 5.74) is 4.26. The lowest BCUT2D eigenvalue weighted by Gasteiger charge is -2.34. The minimum absolute atomic E-state index is 0.0979. The van der Waals surface area contributed by atoms with E-state index < -0.39 is 0 Å². The zero-order valence-electron chi connectivity index (χ0n) is 16.4. The average Bonchev–Trinajstić information content (AvgIpc) is 3.34. The highest BCUT2D eigenvalue weighted by Gasteiger charge is 2.24. The zero-order chi connectivity index (χ0) is 20.0. The highest BCUT2D eigenvalue weighted by molar-refractivity contribution is 7.22. The molecule has 0 radical (unpaired) electrons. The van der Waals surface area contributed by atoms with Crippen molar-refractivity contribution in [3.8, 4) is 11.5 Å². The van der Waals surface area contributed by atoms with Gasteiger partial charge in [-0.2, -0.15) is 0 Å². The monoisotopic (exact) mass is 410 g/mol. The average molecular weight is 410 g/mol. The third-order valence-corrected chi connectivity index (χ3v) is 6.34. The standard InChI is InChI=1S/C21H22N4O3S/c1-13-9-14(2)19-18(10-13)29-21(23-19)25-7-5-24(6-8-25)20(26)22-15-3-4-16-17(11-15)28-12-27-16/h3-4,9-11H,5-8,12H2,1-2H3,(H,22,26). The number of piperazine rings is 1. The van der Waals surface area contributed by atoms with E-state index >= 15 is 0 Å². The molecule has 7 nitrogen and oxygen atoms in total. The second-order valence-electron chi connectivity index (χ2n) is 7.40.